The lowest BCUT2D eigenvalue weighted by molar-refractivity contribution is -0.130. The van der Waals surface area contributed by atoms with E-state index in [1.807, 2.05) is 54.6 Å². The average molecular weight is 375 g/mol. The van der Waals surface area contributed by atoms with Gasteiger partial charge in [-0.2, -0.15) is 0 Å². The van der Waals surface area contributed by atoms with Crippen molar-refractivity contribution in [2.75, 3.05) is 12.4 Å². The zero-order chi connectivity index (χ0) is 19.9. The molecule has 0 amide bonds. The number of carboxylic acids is 1. The lowest BCUT2D eigenvalue weighted by atomic mass is 10.0. The highest BCUT2D eigenvalue weighted by molar-refractivity contribution is 6.16. The van der Waals surface area contributed by atoms with Crippen molar-refractivity contribution in [1.29, 1.82) is 0 Å². The first-order valence-corrected chi connectivity index (χ1v) is 8.76. The summed E-state index contributed by atoms with van der Waals surface area (Å²) in [6, 6.07) is 24.3. The van der Waals surface area contributed by atoms with Gasteiger partial charge in [-0.25, -0.2) is 4.79 Å². The van der Waals surface area contributed by atoms with Crippen LogP contribution in [0.15, 0.2) is 84.6 Å². The molecule has 0 saturated carbocycles. The fraction of sp³-hybridized carbons (Fsp3) is 0.0870. The molecule has 3 aromatic rings. The van der Waals surface area contributed by atoms with Gasteiger partial charge < -0.3 is 19.9 Å². The van der Waals surface area contributed by atoms with Gasteiger partial charge in [-0.15, -0.1) is 0 Å². The van der Waals surface area contributed by atoms with Crippen molar-refractivity contribution in [3.8, 4) is 11.5 Å². The summed E-state index contributed by atoms with van der Waals surface area (Å²) in [5, 5.41) is 12.9. The molecule has 2 N–H and O–H groups in total. The van der Waals surface area contributed by atoms with Crippen LogP contribution in [0.3, 0.4) is 0 Å². The number of benzene rings is 3. The minimum absolute atomic E-state index is 0.0664. The summed E-state index contributed by atoms with van der Waals surface area (Å²) in [6.45, 7) is 1.62. The van der Waals surface area contributed by atoms with Gasteiger partial charge in [-0.05, 0) is 37.3 Å². The summed E-state index contributed by atoms with van der Waals surface area (Å²) in [6.07, 6.45) is 0. The molecule has 0 saturated heterocycles. The second-order valence-corrected chi connectivity index (χ2v) is 6.06. The summed E-state index contributed by atoms with van der Waals surface area (Å²) in [7, 11) is 1.44. The third kappa shape index (κ3) is 4.51. The number of carbonyl (C=O) groups is 1. The van der Waals surface area contributed by atoms with Crippen molar-refractivity contribution in [3.63, 3.8) is 0 Å². The van der Waals surface area contributed by atoms with Crippen LogP contribution >= 0.6 is 0 Å². The second kappa shape index (κ2) is 8.77. The quantitative estimate of drug-likeness (QED) is 0.410. The number of carboxylic acid groups (broad SMARTS) is 1. The zero-order valence-corrected chi connectivity index (χ0v) is 15.7. The van der Waals surface area contributed by atoms with E-state index in [2.05, 4.69) is 5.32 Å². The molecule has 0 atom stereocenters. The van der Waals surface area contributed by atoms with Crippen LogP contribution in [0.5, 0.6) is 11.5 Å². The number of hydrogen-bond donors (Lipinski definition) is 2. The van der Waals surface area contributed by atoms with Gasteiger partial charge >= 0.3 is 5.97 Å². The van der Waals surface area contributed by atoms with Gasteiger partial charge in [-0.3, -0.25) is 0 Å². The van der Waals surface area contributed by atoms with Crippen molar-refractivity contribution in [2.24, 2.45) is 0 Å². The van der Waals surface area contributed by atoms with E-state index in [4.69, 9.17) is 9.47 Å². The molecule has 3 aromatic carbocycles. The Morgan fingerprint density at radius 2 is 1.57 bits per heavy atom. The number of aliphatic carboxylic acids is 1. The number of para-hydroxylation sites is 2. The zero-order valence-electron chi connectivity index (χ0n) is 15.7. The van der Waals surface area contributed by atoms with E-state index in [1.165, 1.54) is 7.11 Å². The van der Waals surface area contributed by atoms with Crippen molar-refractivity contribution in [3.05, 3.63) is 90.2 Å². The summed E-state index contributed by atoms with van der Waals surface area (Å²) in [4.78, 5) is 11.8. The third-order valence-corrected chi connectivity index (χ3v) is 4.15. The molecule has 0 aliphatic rings. The Hall–Kier alpha value is -3.73. The molecule has 0 unspecified atom stereocenters. The van der Waals surface area contributed by atoms with E-state index in [1.54, 1.807) is 31.2 Å². The first-order valence-electron chi connectivity index (χ1n) is 8.76. The molecule has 0 radical (unpaired) electrons. The Balaban J connectivity index is 1.91. The number of rotatable bonds is 7. The van der Waals surface area contributed by atoms with Crippen molar-refractivity contribution in [1.82, 2.24) is 0 Å². The van der Waals surface area contributed by atoms with Crippen LogP contribution < -0.4 is 10.1 Å². The molecule has 0 aliphatic carbocycles. The maximum Gasteiger partial charge on any atom is 0.339 e. The normalized spacial score (nSPS) is 11.4. The Kier molecular flexibility index (Phi) is 5.97. The third-order valence-electron chi connectivity index (χ3n) is 4.15. The Morgan fingerprint density at radius 3 is 2.29 bits per heavy atom. The summed E-state index contributed by atoms with van der Waals surface area (Å²) in [5.74, 6) is 0.263. The van der Waals surface area contributed by atoms with Crippen molar-refractivity contribution < 1.29 is 19.4 Å². The Labute approximate surface area is 163 Å². The lowest BCUT2D eigenvalue weighted by Gasteiger charge is -2.14. The van der Waals surface area contributed by atoms with E-state index in [9.17, 15) is 9.90 Å². The van der Waals surface area contributed by atoms with Crippen LogP contribution in [0.25, 0.3) is 5.57 Å². The van der Waals surface area contributed by atoms with E-state index in [0.717, 1.165) is 11.4 Å². The molecule has 5 nitrogen and oxygen atoms in total. The molecule has 0 aromatic heterocycles. The van der Waals surface area contributed by atoms with E-state index in [0.29, 0.717) is 22.8 Å². The minimum atomic E-state index is -1.07. The van der Waals surface area contributed by atoms with Crippen molar-refractivity contribution in [2.45, 2.75) is 6.92 Å². The van der Waals surface area contributed by atoms with Crippen LogP contribution in [0.4, 0.5) is 11.4 Å². The van der Waals surface area contributed by atoms with Gasteiger partial charge in [0, 0.05) is 23.0 Å². The molecule has 0 heterocycles. The summed E-state index contributed by atoms with van der Waals surface area (Å²) in [5.41, 5.74) is 2.35. The fourth-order valence-corrected chi connectivity index (χ4v) is 2.77. The maximum absolute atomic E-state index is 11.8. The number of anilines is 2. The number of hydrogen-bond acceptors (Lipinski definition) is 4. The molecular weight excluding hydrogens is 354 g/mol. The molecule has 142 valence electrons. The smallest absolute Gasteiger partial charge is 0.339 e. The summed E-state index contributed by atoms with van der Waals surface area (Å²) < 4.78 is 11.2. The predicted octanol–water partition coefficient (Wildman–Crippen LogP) is 5.68. The molecular formula is C23H21NO4. The number of methoxy groups -OCH3 is 1. The highest BCUT2D eigenvalue weighted by Gasteiger charge is 2.19. The van der Waals surface area contributed by atoms with Crippen LogP contribution in [0.1, 0.15) is 12.5 Å². The SMILES string of the molecule is COC(C)=C(C(=O)O)c1ccccc1Oc1cccc(Nc2ccccc2)c1. The Morgan fingerprint density at radius 1 is 0.893 bits per heavy atom. The lowest BCUT2D eigenvalue weighted by Crippen LogP contribution is -2.05. The number of allylic oxidation sites excluding steroid dienone is 1. The van der Waals surface area contributed by atoms with E-state index < -0.39 is 5.97 Å². The van der Waals surface area contributed by atoms with Crippen LogP contribution in [0.2, 0.25) is 0 Å². The first-order chi connectivity index (χ1) is 13.6. The van der Waals surface area contributed by atoms with Gasteiger partial charge in [0.15, 0.2) is 0 Å². The second-order valence-electron chi connectivity index (χ2n) is 6.06. The molecule has 5 heteroatoms. The molecule has 0 spiro atoms. The molecule has 0 aliphatic heterocycles. The molecule has 28 heavy (non-hydrogen) atoms. The standard InChI is InChI=1S/C23H21NO4/c1-16(27-2)22(23(25)26)20-13-6-7-14-21(20)28-19-12-8-11-18(15-19)24-17-9-4-3-5-10-17/h3-15,24H,1-2H3,(H,25,26). The highest BCUT2D eigenvalue weighted by Crippen LogP contribution is 2.33. The molecule has 3 rings (SSSR count). The molecule has 0 bridgehead atoms. The van der Waals surface area contributed by atoms with E-state index in [-0.39, 0.29) is 5.57 Å². The topological polar surface area (TPSA) is 67.8 Å². The predicted molar refractivity (Wildman–Crippen MR) is 110 cm³/mol. The Bertz CT molecular complexity index is 996. The minimum Gasteiger partial charge on any atom is -0.500 e. The van der Waals surface area contributed by atoms with Crippen LogP contribution in [-0.2, 0) is 9.53 Å². The van der Waals surface area contributed by atoms with Gasteiger partial charge in [-0.1, -0.05) is 42.5 Å². The maximum atomic E-state index is 11.8. The number of ether oxygens (including phenoxy) is 2. The molecule has 0 fully saturated rings. The van der Waals surface area contributed by atoms with Gasteiger partial charge in [0.1, 0.15) is 22.8 Å². The average Bonchev–Trinajstić information content (AvgIpc) is 2.70. The fourth-order valence-electron chi connectivity index (χ4n) is 2.77. The monoisotopic (exact) mass is 375 g/mol. The first kappa shape index (κ1) is 19.0. The van der Waals surface area contributed by atoms with Gasteiger partial charge in [0.2, 0.25) is 0 Å². The van der Waals surface area contributed by atoms with E-state index >= 15 is 0 Å². The number of nitrogens with one attached hydrogen (secondary N) is 1. The van der Waals surface area contributed by atoms with Gasteiger partial charge in [0.25, 0.3) is 0 Å². The van der Waals surface area contributed by atoms with Gasteiger partial charge in [0.05, 0.1) is 7.11 Å². The largest absolute Gasteiger partial charge is 0.500 e. The summed E-state index contributed by atoms with van der Waals surface area (Å²) >= 11 is 0. The van der Waals surface area contributed by atoms with Crippen LogP contribution in [-0.4, -0.2) is 18.2 Å². The highest BCUT2D eigenvalue weighted by atomic mass is 16.5. The van der Waals surface area contributed by atoms with Crippen LogP contribution in [0, 0.1) is 0 Å². The van der Waals surface area contributed by atoms with Crippen molar-refractivity contribution >= 4 is 22.9 Å².